The van der Waals surface area contributed by atoms with E-state index in [1.807, 2.05) is 18.2 Å². The summed E-state index contributed by atoms with van der Waals surface area (Å²) >= 11 is 0. The Hall–Kier alpha value is -1.85. The zero-order valence-electron chi connectivity index (χ0n) is 16.2. The van der Waals surface area contributed by atoms with Crippen molar-refractivity contribution in [3.05, 3.63) is 48.2 Å². The Morgan fingerprint density at radius 3 is 2.81 bits per heavy atom. The van der Waals surface area contributed by atoms with Crippen molar-refractivity contribution in [2.45, 2.75) is 63.5 Å². The SMILES string of the molecule is C=C1CCC[C@H](CCC(O)Cc2ccccc2)N1CCCOCCC(=O)O. The molecule has 0 radical (unpaired) electrons. The Morgan fingerprint density at radius 2 is 2.07 bits per heavy atom. The Morgan fingerprint density at radius 1 is 1.30 bits per heavy atom. The monoisotopic (exact) mass is 375 g/mol. The number of aliphatic hydroxyl groups is 1. The Bertz CT molecular complexity index is 575. The first-order valence-electron chi connectivity index (χ1n) is 10.0. The summed E-state index contributed by atoms with van der Waals surface area (Å²) < 4.78 is 5.39. The molecule has 1 aromatic rings. The molecule has 1 unspecified atom stereocenters. The van der Waals surface area contributed by atoms with Gasteiger partial charge in [-0.2, -0.15) is 0 Å². The fourth-order valence-electron chi connectivity index (χ4n) is 3.71. The van der Waals surface area contributed by atoms with Crippen LogP contribution in [0.2, 0.25) is 0 Å². The van der Waals surface area contributed by atoms with Crippen LogP contribution in [0.15, 0.2) is 42.6 Å². The van der Waals surface area contributed by atoms with Crippen LogP contribution in [0.4, 0.5) is 0 Å². The maximum Gasteiger partial charge on any atom is 0.305 e. The van der Waals surface area contributed by atoms with E-state index in [2.05, 4.69) is 23.6 Å². The third-order valence-corrected chi connectivity index (χ3v) is 5.14. The highest BCUT2D eigenvalue weighted by atomic mass is 16.5. The van der Waals surface area contributed by atoms with Gasteiger partial charge >= 0.3 is 5.97 Å². The fraction of sp³-hybridized carbons (Fsp3) is 0.591. The number of likely N-dealkylation sites (tertiary alicyclic amines) is 1. The van der Waals surface area contributed by atoms with E-state index in [0.29, 0.717) is 19.1 Å². The minimum absolute atomic E-state index is 0.0539. The van der Waals surface area contributed by atoms with Crippen molar-refractivity contribution in [2.24, 2.45) is 0 Å². The van der Waals surface area contributed by atoms with E-state index in [0.717, 1.165) is 45.1 Å². The molecule has 1 fully saturated rings. The molecule has 1 aromatic carbocycles. The molecule has 1 aliphatic heterocycles. The molecule has 0 spiro atoms. The number of benzene rings is 1. The first kappa shape index (κ1) is 21.5. The van der Waals surface area contributed by atoms with E-state index in [1.165, 1.54) is 11.3 Å². The number of nitrogens with zero attached hydrogens (tertiary/aromatic N) is 1. The molecule has 27 heavy (non-hydrogen) atoms. The highest BCUT2D eigenvalue weighted by Crippen LogP contribution is 2.28. The first-order chi connectivity index (χ1) is 13.1. The Labute approximate surface area is 162 Å². The van der Waals surface area contributed by atoms with Crippen LogP contribution in [-0.4, -0.2) is 53.0 Å². The lowest BCUT2D eigenvalue weighted by Crippen LogP contribution is -2.39. The molecule has 2 atom stereocenters. The van der Waals surface area contributed by atoms with Crippen molar-refractivity contribution < 1.29 is 19.7 Å². The molecule has 5 nitrogen and oxygen atoms in total. The van der Waals surface area contributed by atoms with E-state index in [-0.39, 0.29) is 19.1 Å². The Balaban J connectivity index is 1.72. The van der Waals surface area contributed by atoms with Gasteiger partial charge in [0.15, 0.2) is 0 Å². The van der Waals surface area contributed by atoms with Crippen molar-refractivity contribution in [3.8, 4) is 0 Å². The van der Waals surface area contributed by atoms with Crippen LogP contribution in [0.3, 0.4) is 0 Å². The molecule has 0 bridgehead atoms. The van der Waals surface area contributed by atoms with Crippen LogP contribution in [-0.2, 0) is 16.0 Å². The molecule has 150 valence electrons. The van der Waals surface area contributed by atoms with Crippen LogP contribution in [0.5, 0.6) is 0 Å². The average molecular weight is 376 g/mol. The lowest BCUT2D eigenvalue weighted by Gasteiger charge is -2.39. The third-order valence-electron chi connectivity index (χ3n) is 5.14. The summed E-state index contributed by atoms with van der Waals surface area (Å²) in [6, 6.07) is 10.5. The normalized spacial score (nSPS) is 18.5. The van der Waals surface area contributed by atoms with Gasteiger partial charge in [-0.25, -0.2) is 0 Å². The summed E-state index contributed by atoms with van der Waals surface area (Å²) in [6.45, 7) is 5.94. The molecule has 1 aliphatic rings. The maximum atomic E-state index is 10.5. The van der Waals surface area contributed by atoms with Crippen LogP contribution in [0.25, 0.3) is 0 Å². The van der Waals surface area contributed by atoms with Gasteiger partial charge in [0.05, 0.1) is 19.1 Å². The first-order valence-corrected chi connectivity index (χ1v) is 10.0. The van der Waals surface area contributed by atoms with Crippen molar-refractivity contribution in [2.75, 3.05) is 19.8 Å². The smallest absolute Gasteiger partial charge is 0.305 e. The topological polar surface area (TPSA) is 70.0 Å². The molecular weight excluding hydrogens is 342 g/mol. The zero-order chi connectivity index (χ0) is 19.5. The van der Waals surface area contributed by atoms with E-state index < -0.39 is 5.97 Å². The molecule has 0 aromatic heterocycles. The Kier molecular flexibility index (Phi) is 9.36. The third kappa shape index (κ3) is 8.14. The molecule has 2 rings (SSSR count). The number of carbonyl (C=O) groups is 1. The van der Waals surface area contributed by atoms with Crippen LogP contribution < -0.4 is 0 Å². The van der Waals surface area contributed by atoms with Gasteiger partial charge in [0.2, 0.25) is 0 Å². The lowest BCUT2D eigenvalue weighted by molar-refractivity contribution is -0.138. The van der Waals surface area contributed by atoms with Crippen molar-refractivity contribution in [3.63, 3.8) is 0 Å². The standard InChI is InChI=1S/C22H33NO4/c1-18-7-5-10-20(23(18)14-6-15-27-16-13-22(25)26)11-12-21(24)17-19-8-3-2-4-9-19/h2-4,8-9,20-21,24H,1,5-7,10-17H2,(H,25,26)/t20-,21?/m1/s1. The highest BCUT2D eigenvalue weighted by molar-refractivity contribution is 5.66. The van der Waals surface area contributed by atoms with E-state index in [1.54, 1.807) is 0 Å². The average Bonchev–Trinajstić information content (AvgIpc) is 2.65. The number of carboxylic acids is 1. The van der Waals surface area contributed by atoms with Crippen molar-refractivity contribution >= 4 is 5.97 Å². The molecule has 0 saturated carbocycles. The van der Waals surface area contributed by atoms with Crippen LogP contribution in [0, 0.1) is 0 Å². The number of piperidine rings is 1. The minimum Gasteiger partial charge on any atom is -0.481 e. The number of allylic oxidation sites excluding steroid dienone is 1. The van der Waals surface area contributed by atoms with Gasteiger partial charge in [-0.1, -0.05) is 36.9 Å². The molecule has 1 heterocycles. The number of carboxylic acid groups (broad SMARTS) is 1. The van der Waals surface area contributed by atoms with Gasteiger partial charge in [-0.05, 0) is 50.5 Å². The number of rotatable bonds is 12. The van der Waals surface area contributed by atoms with Crippen LogP contribution in [0.1, 0.15) is 50.5 Å². The summed E-state index contributed by atoms with van der Waals surface area (Å²) in [5, 5.41) is 19.0. The van der Waals surface area contributed by atoms with Gasteiger partial charge in [-0.3, -0.25) is 4.79 Å². The number of aliphatic hydroxyl groups excluding tert-OH is 1. The molecular formula is C22H33NO4. The second-order valence-corrected chi connectivity index (χ2v) is 7.34. The molecule has 1 saturated heterocycles. The summed E-state index contributed by atoms with van der Waals surface area (Å²) in [6.07, 6.45) is 6.38. The summed E-state index contributed by atoms with van der Waals surface area (Å²) in [4.78, 5) is 12.9. The highest BCUT2D eigenvalue weighted by Gasteiger charge is 2.24. The fourth-order valence-corrected chi connectivity index (χ4v) is 3.71. The van der Waals surface area contributed by atoms with Gasteiger partial charge in [0.25, 0.3) is 0 Å². The number of aliphatic carboxylic acids is 1. The summed E-state index contributed by atoms with van der Waals surface area (Å²) in [5.74, 6) is -0.825. The second kappa shape index (κ2) is 11.8. The molecule has 0 aliphatic carbocycles. The van der Waals surface area contributed by atoms with E-state index in [9.17, 15) is 9.90 Å². The van der Waals surface area contributed by atoms with Crippen molar-refractivity contribution in [1.82, 2.24) is 4.90 Å². The van der Waals surface area contributed by atoms with Crippen LogP contribution >= 0.6 is 0 Å². The van der Waals surface area contributed by atoms with E-state index >= 15 is 0 Å². The predicted molar refractivity (Wildman–Crippen MR) is 107 cm³/mol. The summed E-state index contributed by atoms with van der Waals surface area (Å²) in [7, 11) is 0. The van der Waals surface area contributed by atoms with Gasteiger partial charge < -0.3 is 19.8 Å². The van der Waals surface area contributed by atoms with E-state index in [4.69, 9.17) is 9.84 Å². The molecule has 5 heteroatoms. The van der Waals surface area contributed by atoms with Gasteiger partial charge in [0, 0.05) is 24.9 Å². The predicted octanol–water partition coefficient (Wildman–Crippen LogP) is 3.62. The van der Waals surface area contributed by atoms with Gasteiger partial charge in [-0.15, -0.1) is 0 Å². The maximum absolute atomic E-state index is 10.5. The molecule has 2 N–H and O–H groups in total. The zero-order valence-corrected chi connectivity index (χ0v) is 16.2. The lowest BCUT2D eigenvalue weighted by atomic mass is 9.93. The largest absolute Gasteiger partial charge is 0.481 e. The molecule has 0 amide bonds. The summed E-state index contributed by atoms with van der Waals surface area (Å²) in [5.41, 5.74) is 2.35. The second-order valence-electron chi connectivity index (χ2n) is 7.34. The number of ether oxygens (including phenoxy) is 1. The van der Waals surface area contributed by atoms with Gasteiger partial charge in [0.1, 0.15) is 0 Å². The number of hydrogen-bond acceptors (Lipinski definition) is 4. The quantitative estimate of drug-likeness (QED) is 0.546. The van der Waals surface area contributed by atoms with Crippen molar-refractivity contribution in [1.29, 1.82) is 0 Å². The number of hydrogen-bond donors (Lipinski definition) is 2. The minimum atomic E-state index is -0.825.